The summed E-state index contributed by atoms with van der Waals surface area (Å²) in [7, 11) is 0. The maximum Gasteiger partial charge on any atom is 0.0828 e. The first-order valence-electron chi connectivity index (χ1n) is 12.7. The third-order valence-corrected chi connectivity index (χ3v) is 8.17. The molecule has 32 heavy (non-hydrogen) atoms. The van der Waals surface area contributed by atoms with Gasteiger partial charge in [-0.25, -0.2) is 0 Å². The molecule has 2 heterocycles. The largest absolute Gasteiger partial charge is 0.375 e. The monoisotopic (exact) mass is 434 g/mol. The normalized spacial score (nSPS) is 29.2. The predicted octanol–water partition coefficient (Wildman–Crippen LogP) is 6.04. The van der Waals surface area contributed by atoms with Crippen LogP contribution in [-0.4, -0.2) is 30.3 Å². The molecule has 3 atom stereocenters. The number of hydrogen-bond donors (Lipinski definition) is 1. The summed E-state index contributed by atoms with van der Waals surface area (Å²) in [6, 6.07) is 15.7. The van der Waals surface area contributed by atoms with Crippen molar-refractivity contribution in [3.63, 3.8) is 0 Å². The second kappa shape index (κ2) is 9.62. The van der Waals surface area contributed by atoms with Gasteiger partial charge in [-0.15, -0.1) is 0 Å². The lowest BCUT2D eigenvalue weighted by Crippen LogP contribution is -2.47. The maximum atomic E-state index is 6.42. The van der Waals surface area contributed by atoms with Crippen LogP contribution in [0.3, 0.4) is 0 Å². The van der Waals surface area contributed by atoms with E-state index in [0.29, 0.717) is 6.04 Å². The minimum absolute atomic E-state index is 0.0813. The zero-order valence-corrected chi connectivity index (χ0v) is 19.5. The molecule has 1 aromatic carbocycles. The van der Waals surface area contributed by atoms with E-state index in [1.807, 2.05) is 12.3 Å². The Morgan fingerprint density at radius 1 is 1.03 bits per heavy atom. The molecule has 2 fully saturated rings. The van der Waals surface area contributed by atoms with Crippen molar-refractivity contribution in [1.29, 1.82) is 0 Å². The SMILES string of the molecule is CCO[C@@H]1CC[C@H](NCCC2(c3ccccn3)CCOC3(CCCC3)C2)c2ccccc21. The number of nitrogens with zero attached hydrogens (tertiary/aromatic N) is 1. The molecule has 2 aliphatic carbocycles. The van der Waals surface area contributed by atoms with Crippen molar-refractivity contribution in [3.05, 3.63) is 65.5 Å². The van der Waals surface area contributed by atoms with Crippen molar-refractivity contribution in [2.75, 3.05) is 19.8 Å². The van der Waals surface area contributed by atoms with Gasteiger partial charge in [0.15, 0.2) is 0 Å². The van der Waals surface area contributed by atoms with Crippen LogP contribution in [0, 0.1) is 0 Å². The third-order valence-electron chi connectivity index (χ3n) is 8.17. The van der Waals surface area contributed by atoms with Crippen LogP contribution in [0.25, 0.3) is 0 Å². The van der Waals surface area contributed by atoms with E-state index in [1.54, 1.807) is 0 Å². The summed E-state index contributed by atoms with van der Waals surface area (Å²) in [5.74, 6) is 0. The topological polar surface area (TPSA) is 43.4 Å². The average Bonchev–Trinajstić information content (AvgIpc) is 3.28. The van der Waals surface area contributed by atoms with Gasteiger partial charge in [0.1, 0.15) is 0 Å². The Balaban J connectivity index is 1.32. The van der Waals surface area contributed by atoms with Gasteiger partial charge in [-0.2, -0.15) is 0 Å². The molecule has 2 aromatic rings. The lowest BCUT2D eigenvalue weighted by atomic mass is 9.68. The van der Waals surface area contributed by atoms with Gasteiger partial charge in [-0.05, 0) is 81.7 Å². The van der Waals surface area contributed by atoms with Crippen LogP contribution < -0.4 is 5.32 Å². The minimum Gasteiger partial charge on any atom is -0.375 e. The fourth-order valence-corrected chi connectivity index (χ4v) is 6.62. The maximum absolute atomic E-state index is 6.42. The van der Waals surface area contributed by atoms with E-state index >= 15 is 0 Å². The van der Waals surface area contributed by atoms with Crippen LogP contribution in [-0.2, 0) is 14.9 Å². The number of hydrogen-bond acceptors (Lipinski definition) is 4. The molecule has 1 aliphatic heterocycles. The number of pyridine rings is 1. The van der Waals surface area contributed by atoms with E-state index in [1.165, 1.54) is 42.5 Å². The quantitative estimate of drug-likeness (QED) is 0.577. The van der Waals surface area contributed by atoms with Crippen molar-refractivity contribution in [1.82, 2.24) is 10.3 Å². The number of aromatic nitrogens is 1. The second-order valence-corrected chi connectivity index (χ2v) is 10.1. The molecule has 5 rings (SSSR count). The predicted molar refractivity (Wildman–Crippen MR) is 128 cm³/mol. The molecule has 4 heteroatoms. The van der Waals surface area contributed by atoms with Crippen molar-refractivity contribution in [3.8, 4) is 0 Å². The van der Waals surface area contributed by atoms with Crippen LogP contribution in [0.2, 0.25) is 0 Å². The Morgan fingerprint density at radius 3 is 2.62 bits per heavy atom. The highest BCUT2D eigenvalue weighted by atomic mass is 16.5. The zero-order chi connectivity index (χ0) is 21.9. The van der Waals surface area contributed by atoms with Gasteiger partial charge in [0, 0.05) is 36.6 Å². The van der Waals surface area contributed by atoms with Crippen molar-refractivity contribution < 1.29 is 9.47 Å². The van der Waals surface area contributed by atoms with Crippen LogP contribution in [0.15, 0.2) is 48.7 Å². The lowest BCUT2D eigenvalue weighted by molar-refractivity contribution is -0.104. The molecule has 1 saturated heterocycles. The molecular formula is C28H38N2O2. The average molecular weight is 435 g/mol. The molecule has 0 bridgehead atoms. The van der Waals surface area contributed by atoms with Crippen LogP contribution >= 0.6 is 0 Å². The first-order chi connectivity index (χ1) is 15.7. The van der Waals surface area contributed by atoms with Gasteiger partial charge in [-0.3, -0.25) is 4.98 Å². The highest BCUT2D eigenvalue weighted by molar-refractivity contribution is 5.34. The molecule has 1 N–H and O–H groups in total. The van der Waals surface area contributed by atoms with E-state index in [9.17, 15) is 0 Å². The summed E-state index contributed by atoms with van der Waals surface area (Å²) >= 11 is 0. The molecule has 3 aliphatic rings. The van der Waals surface area contributed by atoms with Gasteiger partial charge >= 0.3 is 0 Å². The van der Waals surface area contributed by atoms with Crippen LogP contribution in [0.5, 0.6) is 0 Å². The molecule has 1 unspecified atom stereocenters. The highest BCUT2D eigenvalue weighted by Gasteiger charge is 2.48. The summed E-state index contributed by atoms with van der Waals surface area (Å²) in [5.41, 5.74) is 4.24. The van der Waals surface area contributed by atoms with Gasteiger partial charge in [0.25, 0.3) is 0 Å². The summed E-state index contributed by atoms with van der Waals surface area (Å²) in [4.78, 5) is 4.86. The van der Waals surface area contributed by atoms with Crippen LogP contribution in [0.4, 0.5) is 0 Å². The van der Waals surface area contributed by atoms with Crippen molar-refractivity contribution in [2.24, 2.45) is 0 Å². The Labute approximate surface area is 193 Å². The standard InChI is InChI=1S/C28H38N2O2/c1-2-31-25-13-12-24(22-9-3-4-10-23(22)25)29-19-16-27(26-11-5-8-18-30-26)17-20-32-28(21-27)14-6-7-15-28/h3-5,8-11,18,24-25,29H,2,6-7,12-17,19-21H2,1H3/t24-,25+,27?/m0/s1. The van der Waals surface area contributed by atoms with Gasteiger partial charge in [0.2, 0.25) is 0 Å². The molecular weight excluding hydrogens is 396 g/mol. The Morgan fingerprint density at radius 2 is 1.84 bits per heavy atom. The Hall–Kier alpha value is -1.75. The number of benzene rings is 1. The van der Waals surface area contributed by atoms with Gasteiger partial charge in [-0.1, -0.05) is 43.2 Å². The first kappa shape index (κ1) is 22.1. The van der Waals surface area contributed by atoms with Gasteiger partial charge < -0.3 is 14.8 Å². The molecule has 1 spiro atoms. The molecule has 1 saturated carbocycles. The molecule has 4 nitrogen and oxygen atoms in total. The summed E-state index contributed by atoms with van der Waals surface area (Å²) in [6.07, 6.45) is 12.8. The molecule has 172 valence electrons. The van der Waals surface area contributed by atoms with Crippen molar-refractivity contribution in [2.45, 2.75) is 87.9 Å². The van der Waals surface area contributed by atoms with E-state index in [-0.39, 0.29) is 17.1 Å². The minimum atomic E-state index is 0.0813. The van der Waals surface area contributed by atoms with E-state index in [0.717, 1.165) is 51.9 Å². The first-order valence-corrected chi connectivity index (χ1v) is 12.7. The van der Waals surface area contributed by atoms with Crippen molar-refractivity contribution >= 4 is 0 Å². The van der Waals surface area contributed by atoms with E-state index in [4.69, 9.17) is 14.5 Å². The van der Waals surface area contributed by atoms with Crippen LogP contribution in [0.1, 0.15) is 93.7 Å². The van der Waals surface area contributed by atoms with Gasteiger partial charge in [0.05, 0.1) is 11.7 Å². The zero-order valence-electron chi connectivity index (χ0n) is 19.5. The third kappa shape index (κ3) is 4.37. The summed E-state index contributed by atoms with van der Waals surface area (Å²) in [6.45, 7) is 4.73. The smallest absolute Gasteiger partial charge is 0.0828 e. The summed E-state index contributed by atoms with van der Waals surface area (Å²) in [5, 5.41) is 3.94. The second-order valence-electron chi connectivity index (χ2n) is 10.1. The Bertz CT molecular complexity index is 880. The van der Waals surface area contributed by atoms with E-state index in [2.05, 4.69) is 48.6 Å². The molecule has 1 aromatic heterocycles. The number of nitrogens with one attached hydrogen (secondary N) is 1. The lowest BCUT2D eigenvalue weighted by Gasteiger charge is -2.46. The summed E-state index contributed by atoms with van der Waals surface area (Å²) < 4.78 is 12.5. The number of fused-ring (bicyclic) bond motifs is 1. The molecule has 0 radical (unpaired) electrons. The molecule has 0 amide bonds. The fraction of sp³-hybridized carbons (Fsp3) is 0.607. The van der Waals surface area contributed by atoms with E-state index < -0.39 is 0 Å². The number of ether oxygens (including phenoxy) is 2. The Kier molecular flexibility index (Phi) is 6.64. The highest BCUT2D eigenvalue weighted by Crippen LogP contribution is 2.49. The number of rotatable bonds is 7. The fourth-order valence-electron chi connectivity index (χ4n) is 6.62.